The van der Waals surface area contributed by atoms with Crippen molar-refractivity contribution in [1.82, 2.24) is 9.80 Å². The van der Waals surface area contributed by atoms with Crippen LogP contribution < -0.4 is 14.9 Å². The number of amides is 1. The van der Waals surface area contributed by atoms with Gasteiger partial charge in [-0.15, -0.1) is 0 Å². The number of hydrogen-bond acceptors (Lipinski definition) is 7. The first-order chi connectivity index (χ1) is 17.0. The summed E-state index contributed by atoms with van der Waals surface area (Å²) in [5, 5.41) is 0.471. The van der Waals surface area contributed by atoms with Crippen molar-refractivity contribution in [3.8, 4) is 11.5 Å². The molecular formula is C27H30N2O6. The number of carbonyl (C=O) groups excluding carboxylic acids is 1. The van der Waals surface area contributed by atoms with Crippen LogP contribution in [-0.4, -0.2) is 69.3 Å². The zero-order valence-electron chi connectivity index (χ0n) is 20.3. The quantitative estimate of drug-likeness (QED) is 0.515. The highest BCUT2D eigenvalue weighted by Crippen LogP contribution is 2.42. The third-order valence-corrected chi connectivity index (χ3v) is 6.83. The zero-order valence-corrected chi connectivity index (χ0v) is 20.3. The summed E-state index contributed by atoms with van der Waals surface area (Å²) < 4.78 is 22.6. The molecule has 1 fully saturated rings. The van der Waals surface area contributed by atoms with Crippen LogP contribution in [0, 0.1) is 6.92 Å². The lowest BCUT2D eigenvalue weighted by atomic mass is 9.97. The van der Waals surface area contributed by atoms with Gasteiger partial charge in [0.2, 0.25) is 5.76 Å². The Labute approximate surface area is 204 Å². The fourth-order valence-electron chi connectivity index (χ4n) is 5.03. The Kier molecular flexibility index (Phi) is 6.49. The summed E-state index contributed by atoms with van der Waals surface area (Å²) in [6.45, 7) is 6.45. The molecule has 2 aliphatic heterocycles. The van der Waals surface area contributed by atoms with Crippen molar-refractivity contribution in [2.45, 2.75) is 19.4 Å². The van der Waals surface area contributed by atoms with E-state index in [1.165, 1.54) is 0 Å². The molecule has 1 amide bonds. The van der Waals surface area contributed by atoms with E-state index in [9.17, 15) is 9.59 Å². The monoisotopic (exact) mass is 478 g/mol. The highest BCUT2D eigenvalue weighted by molar-refractivity contribution is 5.99. The molecule has 0 N–H and O–H groups in total. The summed E-state index contributed by atoms with van der Waals surface area (Å²) >= 11 is 0. The second-order valence-corrected chi connectivity index (χ2v) is 8.99. The van der Waals surface area contributed by atoms with E-state index in [-0.39, 0.29) is 17.1 Å². The van der Waals surface area contributed by atoms with E-state index < -0.39 is 6.04 Å². The first-order valence-corrected chi connectivity index (χ1v) is 11.9. The van der Waals surface area contributed by atoms with Crippen molar-refractivity contribution in [3.05, 3.63) is 69.1 Å². The zero-order chi connectivity index (χ0) is 24.5. The molecule has 0 saturated carbocycles. The van der Waals surface area contributed by atoms with Gasteiger partial charge in [0.1, 0.15) is 17.1 Å². The topological polar surface area (TPSA) is 81.5 Å². The van der Waals surface area contributed by atoms with Crippen LogP contribution >= 0.6 is 0 Å². The summed E-state index contributed by atoms with van der Waals surface area (Å²) in [4.78, 5) is 31.5. The minimum absolute atomic E-state index is 0.104. The van der Waals surface area contributed by atoms with E-state index in [0.29, 0.717) is 40.1 Å². The van der Waals surface area contributed by atoms with Gasteiger partial charge in [-0.3, -0.25) is 14.5 Å². The van der Waals surface area contributed by atoms with Crippen LogP contribution in [0.5, 0.6) is 11.5 Å². The van der Waals surface area contributed by atoms with E-state index in [0.717, 1.165) is 44.8 Å². The van der Waals surface area contributed by atoms with Crippen molar-refractivity contribution in [2.75, 3.05) is 53.6 Å². The summed E-state index contributed by atoms with van der Waals surface area (Å²) in [6, 6.07) is 10.2. The Morgan fingerprint density at radius 3 is 2.54 bits per heavy atom. The fourth-order valence-corrected chi connectivity index (χ4v) is 5.03. The maximum Gasteiger partial charge on any atom is 0.290 e. The Morgan fingerprint density at radius 2 is 1.80 bits per heavy atom. The van der Waals surface area contributed by atoms with E-state index in [1.54, 1.807) is 37.3 Å². The van der Waals surface area contributed by atoms with Gasteiger partial charge in [0.05, 0.1) is 44.4 Å². The molecule has 3 heterocycles. The maximum absolute atomic E-state index is 13.8. The standard InChI is InChI=1S/C27H30N2O6/c1-17-5-7-22-20(15-17)25(30)23-24(19-16-18(32-2)6-8-21(19)33-3)29(27(31)26(23)35-22)10-4-9-28-11-13-34-14-12-28/h5-8,15-16,24H,4,9-14H2,1-3H3/t24-/m0/s1. The minimum Gasteiger partial charge on any atom is -0.497 e. The predicted molar refractivity (Wildman–Crippen MR) is 132 cm³/mol. The number of fused-ring (bicyclic) bond motifs is 2. The summed E-state index contributed by atoms with van der Waals surface area (Å²) in [5.74, 6) is 1.03. The van der Waals surface area contributed by atoms with Crippen LogP contribution in [0.25, 0.3) is 11.0 Å². The lowest BCUT2D eigenvalue weighted by Gasteiger charge is -2.29. The van der Waals surface area contributed by atoms with Crippen molar-refractivity contribution in [2.24, 2.45) is 0 Å². The molecule has 0 radical (unpaired) electrons. The molecule has 0 bridgehead atoms. The number of ether oxygens (including phenoxy) is 3. The highest BCUT2D eigenvalue weighted by atomic mass is 16.5. The molecule has 0 aliphatic carbocycles. The van der Waals surface area contributed by atoms with Crippen LogP contribution in [0.2, 0.25) is 0 Å². The average molecular weight is 479 g/mol. The summed E-state index contributed by atoms with van der Waals surface area (Å²) in [5.41, 5.74) is 2.23. The molecule has 35 heavy (non-hydrogen) atoms. The van der Waals surface area contributed by atoms with Crippen molar-refractivity contribution < 1.29 is 23.4 Å². The Bertz CT molecular complexity index is 1310. The van der Waals surface area contributed by atoms with Crippen LogP contribution in [0.15, 0.2) is 45.6 Å². The lowest BCUT2D eigenvalue weighted by Crippen LogP contribution is -2.39. The number of benzene rings is 2. The second-order valence-electron chi connectivity index (χ2n) is 8.99. The molecule has 8 heteroatoms. The largest absolute Gasteiger partial charge is 0.497 e. The molecule has 5 rings (SSSR count). The second kappa shape index (κ2) is 9.71. The van der Waals surface area contributed by atoms with Gasteiger partial charge in [-0.2, -0.15) is 0 Å². The van der Waals surface area contributed by atoms with Gasteiger partial charge in [-0.25, -0.2) is 0 Å². The molecule has 1 saturated heterocycles. The van der Waals surface area contributed by atoms with Crippen LogP contribution in [0.1, 0.15) is 39.7 Å². The van der Waals surface area contributed by atoms with Crippen molar-refractivity contribution in [1.29, 1.82) is 0 Å². The Morgan fingerprint density at radius 1 is 1.00 bits per heavy atom. The summed E-state index contributed by atoms with van der Waals surface area (Å²) in [6.07, 6.45) is 0.759. The van der Waals surface area contributed by atoms with Crippen LogP contribution in [-0.2, 0) is 4.74 Å². The SMILES string of the molecule is COc1ccc(OC)c([C@H]2c3c(oc4ccc(C)cc4c3=O)C(=O)N2CCCN2CCOCC2)c1. The first kappa shape index (κ1) is 23.4. The molecule has 184 valence electrons. The molecule has 1 aromatic heterocycles. The molecule has 1 atom stereocenters. The molecule has 0 unspecified atom stereocenters. The fraction of sp³-hybridized carbons (Fsp3) is 0.407. The molecule has 2 aliphatic rings. The number of aryl methyl sites for hydroxylation is 1. The van der Waals surface area contributed by atoms with Gasteiger partial charge in [-0.05, 0) is 43.7 Å². The lowest BCUT2D eigenvalue weighted by molar-refractivity contribution is 0.0353. The van der Waals surface area contributed by atoms with E-state index in [4.69, 9.17) is 18.6 Å². The molecule has 0 spiro atoms. The number of hydrogen-bond donors (Lipinski definition) is 0. The van der Waals surface area contributed by atoms with Crippen molar-refractivity contribution in [3.63, 3.8) is 0 Å². The third kappa shape index (κ3) is 4.28. The van der Waals surface area contributed by atoms with Crippen LogP contribution in [0.4, 0.5) is 0 Å². The minimum atomic E-state index is -0.631. The van der Waals surface area contributed by atoms with Gasteiger partial charge in [0.25, 0.3) is 5.91 Å². The molecular weight excluding hydrogens is 448 g/mol. The number of carbonyl (C=O) groups is 1. The van der Waals surface area contributed by atoms with Gasteiger partial charge >= 0.3 is 0 Å². The van der Waals surface area contributed by atoms with Crippen molar-refractivity contribution >= 4 is 16.9 Å². The predicted octanol–water partition coefficient (Wildman–Crippen LogP) is 3.39. The molecule has 2 aromatic carbocycles. The van der Waals surface area contributed by atoms with Crippen LogP contribution in [0.3, 0.4) is 0 Å². The van der Waals surface area contributed by atoms with E-state index in [1.807, 2.05) is 25.1 Å². The molecule has 3 aromatic rings. The van der Waals surface area contributed by atoms with Gasteiger partial charge < -0.3 is 23.5 Å². The number of nitrogens with zero attached hydrogens (tertiary/aromatic N) is 2. The van der Waals surface area contributed by atoms with Gasteiger partial charge in [-0.1, -0.05) is 11.6 Å². The number of morpholine rings is 1. The van der Waals surface area contributed by atoms with Gasteiger partial charge in [0.15, 0.2) is 5.43 Å². The normalized spacial score (nSPS) is 18.2. The first-order valence-electron chi connectivity index (χ1n) is 11.9. The van der Waals surface area contributed by atoms with Gasteiger partial charge in [0, 0.05) is 31.7 Å². The summed E-state index contributed by atoms with van der Waals surface area (Å²) in [7, 11) is 3.17. The third-order valence-electron chi connectivity index (χ3n) is 6.83. The smallest absolute Gasteiger partial charge is 0.290 e. The number of rotatable bonds is 7. The molecule has 8 nitrogen and oxygen atoms in total. The highest BCUT2D eigenvalue weighted by Gasteiger charge is 2.43. The Balaban J connectivity index is 1.60. The number of methoxy groups -OCH3 is 2. The van der Waals surface area contributed by atoms with E-state index >= 15 is 0 Å². The van der Waals surface area contributed by atoms with E-state index in [2.05, 4.69) is 4.90 Å². The average Bonchev–Trinajstić information content (AvgIpc) is 3.16. The maximum atomic E-state index is 13.8. The Hall–Kier alpha value is -3.36.